The summed E-state index contributed by atoms with van der Waals surface area (Å²) < 4.78 is 1.17. The highest BCUT2D eigenvalue weighted by molar-refractivity contribution is 9.10. The summed E-state index contributed by atoms with van der Waals surface area (Å²) in [4.78, 5) is 0. The molecular weight excluding hydrogens is 264 g/mol. The van der Waals surface area contributed by atoms with Gasteiger partial charge in [-0.1, -0.05) is 28.9 Å². The summed E-state index contributed by atoms with van der Waals surface area (Å²) in [6.45, 7) is 8.48. The maximum atomic E-state index is 3.51. The number of halogens is 1. The summed E-state index contributed by atoms with van der Waals surface area (Å²) in [7, 11) is 0. The molecular formula is C13H21BrN2. The highest BCUT2D eigenvalue weighted by Gasteiger charge is 1.98. The van der Waals surface area contributed by atoms with Crippen molar-refractivity contribution >= 4 is 15.9 Å². The van der Waals surface area contributed by atoms with Crippen molar-refractivity contribution in [3.05, 3.63) is 33.8 Å². The van der Waals surface area contributed by atoms with Gasteiger partial charge in [0.25, 0.3) is 0 Å². The number of benzene rings is 1. The Bertz CT molecular complexity index is 313. The molecule has 1 aromatic carbocycles. The lowest BCUT2D eigenvalue weighted by atomic mass is 10.1. The zero-order valence-electron chi connectivity index (χ0n) is 10.1. The molecule has 0 saturated carbocycles. The maximum absolute atomic E-state index is 3.51. The highest BCUT2D eigenvalue weighted by Crippen LogP contribution is 2.16. The van der Waals surface area contributed by atoms with Crippen molar-refractivity contribution < 1.29 is 0 Å². The fourth-order valence-corrected chi connectivity index (χ4v) is 2.02. The first-order chi connectivity index (χ1) is 7.74. The SMILES string of the molecule is CCNCCNCCc1cc(Br)ccc1C. The van der Waals surface area contributed by atoms with Crippen LogP contribution in [-0.2, 0) is 6.42 Å². The third-order valence-electron chi connectivity index (χ3n) is 2.61. The molecule has 1 rings (SSSR count). The Labute approximate surface area is 107 Å². The lowest BCUT2D eigenvalue weighted by molar-refractivity contribution is 0.624. The van der Waals surface area contributed by atoms with Crippen molar-refractivity contribution in [1.82, 2.24) is 10.6 Å². The van der Waals surface area contributed by atoms with E-state index in [9.17, 15) is 0 Å². The molecule has 0 saturated heterocycles. The molecule has 90 valence electrons. The summed E-state index contributed by atoms with van der Waals surface area (Å²) in [5.74, 6) is 0. The highest BCUT2D eigenvalue weighted by atomic mass is 79.9. The molecule has 3 heteroatoms. The summed E-state index contributed by atoms with van der Waals surface area (Å²) in [5, 5.41) is 6.73. The minimum atomic E-state index is 1.04. The monoisotopic (exact) mass is 284 g/mol. The van der Waals surface area contributed by atoms with Crippen molar-refractivity contribution in [3.8, 4) is 0 Å². The van der Waals surface area contributed by atoms with Gasteiger partial charge >= 0.3 is 0 Å². The van der Waals surface area contributed by atoms with Crippen molar-refractivity contribution in [1.29, 1.82) is 0 Å². The van der Waals surface area contributed by atoms with E-state index in [1.54, 1.807) is 0 Å². The smallest absolute Gasteiger partial charge is 0.0178 e. The van der Waals surface area contributed by atoms with E-state index in [0.717, 1.165) is 32.6 Å². The largest absolute Gasteiger partial charge is 0.316 e. The number of aryl methyl sites for hydroxylation is 1. The molecule has 0 spiro atoms. The zero-order valence-corrected chi connectivity index (χ0v) is 11.7. The van der Waals surface area contributed by atoms with Gasteiger partial charge in [-0.15, -0.1) is 0 Å². The molecule has 0 aromatic heterocycles. The third-order valence-corrected chi connectivity index (χ3v) is 3.10. The van der Waals surface area contributed by atoms with E-state index >= 15 is 0 Å². The summed E-state index contributed by atoms with van der Waals surface area (Å²) in [6, 6.07) is 6.47. The Balaban J connectivity index is 2.23. The van der Waals surface area contributed by atoms with Crippen molar-refractivity contribution in [2.75, 3.05) is 26.2 Å². The van der Waals surface area contributed by atoms with Gasteiger partial charge in [-0.3, -0.25) is 0 Å². The van der Waals surface area contributed by atoms with Crippen LogP contribution in [0.4, 0.5) is 0 Å². The second kappa shape index (κ2) is 7.82. The van der Waals surface area contributed by atoms with Crippen LogP contribution < -0.4 is 10.6 Å². The minimum absolute atomic E-state index is 1.04. The molecule has 0 fully saturated rings. The van der Waals surface area contributed by atoms with Gasteiger partial charge in [0.1, 0.15) is 0 Å². The van der Waals surface area contributed by atoms with Crippen molar-refractivity contribution in [3.63, 3.8) is 0 Å². The average molecular weight is 285 g/mol. The number of likely N-dealkylation sites (N-methyl/N-ethyl adjacent to an activating group) is 1. The summed E-state index contributed by atoms with van der Waals surface area (Å²) >= 11 is 3.51. The van der Waals surface area contributed by atoms with E-state index in [0.29, 0.717) is 0 Å². The van der Waals surface area contributed by atoms with E-state index in [2.05, 4.69) is 58.6 Å². The standard InChI is InChI=1S/C13H21BrN2/c1-3-15-8-9-16-7-6-12-10-13(14)5-4-11(12)2/h4-5,10,15-16H,3,6-9H2,1-2H3. The molecule has 2 nitrogen and oxygen atoms in total. The van der Waals surface area contributed by atoms with Crippen LogP contribution in [0, 0.1) is 6.92 Å². The predicted octanol–water partition coefficient (Wildman–Crippen LogP) is 2.50. The van der Waals surface area contributed by atoms with Crippen LogP contribution in [0.2, 0.25) is 0 Å². The van der Waals surface area contributed by atoms with Gasteiger partial charge in [0.2, 0.25) is 0 Å². The quantitative estimate of drug-likeness (QED) is 0.752. The second-order valence-corrected chi connectivity index (χ2v) is 4.84. The zero-order chi connectivity index (χ0) is 11.8. The molecule has 0 aliphatic heterocycles. The molecule has 0 heterocycles. The molecule has 16 heavy (non-hydrogen) atoms. The molecule has 0 atom stereocenters. The lowest BCUT2D eigenvalue weighted by Crippen LogP contribution is -2.28. The van der Waals surface area contributed by atoms with Gasteiger partial charge in [-0.25, -0.2) is 0 Å². The Kier molecular flexibility index (Phi) is 6.69. The van der Waals surface area contributed by atoms with Gasteiger partial charge in [-0.05, 0) is 49.7 Å². The fraction of sp³-hybridized carbons (Fsp3) is 0.538. The van der Waals surface area contributed by atoms with Crippen molar-refractivity contribution in [2.24, 2.45) is 0 Å². The predicted molar refractivity (Wildman–Crippen MR) is 74.0 cm³/mol. The Morgan fingerprint density at radius 1 is 1.12 bits per heavy atom. The maximum Gasteiger partial charge on any atom is 0.0178 e. The van der Waals surface area contributed by atoms with Crippen molar-refractivity contribution in [2.45, 2.75) is 20.3 Å². The number of rotatable bonds is 7. The Morgan fingerprint density at radius 2 is 1.88 bits per heavy atom. The Hall–Kier alpha value is -0.380. The van der Waals surface area contributed by atoms with Gasteiger partial charge in [0.05, 0.1) is 0 Å². The summed E-state index contributed by atoms with van der Waals surface area (Å²) in [6.07, 6.45) is 1.09. The van der Waals surface area contributed by atoms with E-state index in [1.165, 1.54) is 15.6 Å². The van der Waals surface area contributed by atoms with Crippen LogP contribution in [0.3, 0.4) is 0 Å². The minimum Gasteiger partial charge on any atom is -0.316 e. The molecule has 0 bridgehead atoms. The van der Waals surface area contributed by atoms with Crippen LogP contribution in [-0.4, -0.2) is 26.2 Å². The number of nitrogens with one attached hydrogen (secondary N) is 2. The third kappa shape index (κ3) is 5.10. The number of hydrogen-bond acceptors (Lipinski definition) is 2. The normalized spacial score (nSPS) is 10.7. The van der Waals surface area contributed by atoms with Crippen LogP contribution in [0.1, 0.15) is 18.1 Å². The topological polar surface area (TPSA) is 24.1 Å². The fourth-order valence-electron chi connectivity index (χ4n) is 1.61. The molecule has 0 aliphatic rings. The van der Waals surface area contributed by atoms with E-state index in [1.807, 2.05) is 0 Å². The molecule has 0 unspecified atom stereocenters. The first-order valence-electron chi connectivity index (χ1n) is 5.90. The molecule has 0 radical (unpaired) electrons. The van der Waals surface area contributed by atoms with E-state index < -0.39 is 0 Å². The Morgan fingerprint density at radius 3 is 2.62 bits per heavy atom. The van der Waals surface area contributed by atoms with Gasteiger partial charge in [0, 0.05) is 17.6 Å². The molecule has 2 N–H and O–H groups in total. The molecule has 0 amide bonds. The van der Waals surface area contributed by atoms with E-state index in [-0.39, 0.29) is 0 Å². The molecule has 0 aliphatic carbocycles. The first kappa shape index (κ1) is 13.7. The second-order valence-electron chi connectivity index (χ2n) is 3.92. The van der Waals surface area contributed by atoms with E-state index in [4.69, 9.17) is 0 Å². The first-order valence-corrected chi connectivity index (χ1v) is 6.69. The van der Waals surface area contributed by atoms with Gasteiger partial charge in [-0.2, -0.15) is 0 Å². The average Bonchev–Trinajstić information content (AvgIpc) is 2.28. The van der Waals surface area contributed by atoms with Gasteiger partial charge < -0.3 is 10.6 Å². The van der Waals surface area contributed by atoms with Crippen LogP contribution in [0.25, 0.3) is 0 Å². The summed E-state index contributed by atoms with van der Waals surface area (Å²) in [5.41, 5.74) is 2.79. The van der Waals surface area contributed by atoms with Gasteiger partial charge in [0.15, 0.2) is 0 Å². The van der Waals surface area contributed by atoms with Crippen LogP contribution in [0.15, 0.2) is 22.7 Å². The number of hydrogen-bond donors (Lipinski definition) is 2. The van der Waals surface area contributed by atoms with Crippen LogP contribution in [0.5, 0.6) is 0 Å². The molecule has 1 aromatic rings. The lowest BCUT2D eigenvalue weighted by Gasteiger charge is -2.08. The van der Waals surface area contributed by atoms with Crippen LogP contribution >= 0.6 is 15.9 Å².